The molecule has 3 amide bonds. The van der Waals surface area contributed by atoms with Crippen LogP contribution in [0.3, 0.4) is 0 Å². The van der Waals surface area contributed by atoms with Crippen LogP contribution in [-0.4, -0.2) is 46.9 Å². The zero-order valence-corrected chi connectivity index (χ0v) is 14.5. The van der Waals surface area contributed by atoms with Crippen molar-refractivity contribution >= 4 is 23.7 Å². The van der Waals surface area contributed by atoms with Gasteiger partial charge in [-0.05, 0) is 18.3 Å². The highest BCUT2D eigenvalue weighted by atomic mass is 16.4. The first-order chi connectivity index (χ1) is 11.0. The molecule has 9 nitrogen and oxygen atoms in total. The van der Waals surface area contributed by atoms with Gasteiger partial charge >= 0.3 is 5.97 Å². The number of hydrogen-bond donors (Lipinski definition) is 5. The smallest absolute Gasteiger partial charge is 0.326 e. The Bertz CT molecular complexity index is 478. The number of amides is 3. The van der Waals surface area contributed by atoms with E-state index in [2.05, 4.69) is 10.6 Å². The minimum atomic E-state index is -1.45. The van der Waals surface area contributed by atoms with Gasteiger partial charge < -0.3 is 27.2 Å². The predicted octanol–water partition coefficient (Wildman–Crippen LogP) is -1.05. The van der Waals surface area contributed by atoms with Gasteiger partial charge in [-0.3, -0.25) is 14.4 Å². The standard InChI is InChI=1S/C15H28N4O5/c1-7(2)5-9(16)13(21)19-12(8(3)4)14(22)18-10(15(23)24)6-11(17)20/h7-10,12H,5-6,16H2,1-4H3,(H2,17,20)(H,18,22)(H,19,21)(H,23,24). The fraction of sp³-hybridized carbons (Fsp3) is 0.733. The number of carbonyl (C=O) groups excluding carboxylic acids is 3. The summed E-state index contributed by atoms with van der Waals surface area (Å²) in [6.45, 7) is 7.23. The van der Waals surface area contributed by atoms with E-state index in [4.69, 9.17) is 16.6 Å². The number of rotatable bonds is 10. The minimum Gasteiger partial charge on any atom is -0.480 e. The topological polar surface area (TPSA) is 165 Å². The molecule has 0 aliphatic heterocycles. The Morgan fingerprint density at radius 1 is 1.00 bits per heavy atom. The molecule has 9 heteroatoms. The van der Waals surface area contributed by atoms with Crippen molar-refractivity contribution in [3.05, 3.63) is 0 Å². The molecule has 0 saturated carbocycles. The Morgan fingerprint density at radius 3 is 1.92 bits per heavy atom. The maximum atomic E-state index is 12.3. The zero-order valence-electron chi connectivity index (χ0n) is 14.5. The van der Waals surface area contributed by atoms with E-state index < -0.39 is 48.2 Å². The highest BCUT2D eigenvalue weighted by molar-refractivity contribution is 5.93. The lowest BCUT2D eigenvalue weighted by Crippen LogP contribution is -2.56. The van der Waals surface area contributed by atoms with Crippen molar-refractivity contribution in [3.63, 3.8) is 0 Å². The maximum Gasteiger partial charge on any atom is 0.326 e. The second-order valence-corrected chi connectivity index (χ2v) is 6.54. The van der Waals surface area contributed by atoms with Crippen molar-refractivity contribution in [1.29, 1.82) is 0 Å². The first kappa shape index (κ1) is 21.8. The summed E-state index contributed by atoms with van der Waals surface area (Å²) in [6.07, 6.45) is -0.0790. The Balaban J connectivity index is 4.97. The lowest BCUT2D eigenvalue weighted by atomic mass is 10.00. The number of carbonyl (C=O) groups is 4. The predicted molar refractivity (Wildman–Crippen MR) is 87.6 cm³/mol. The van der Waals surface area contributed by atoms with E-state index in [0.29, 0.717) is 6.42 Å². The lowest BCUT2D eigenvalue weighted by molar-refractivity contribution is -0.144. The number of hydrogen-bond acceptors (Lipinski definition) is 5. The fourth-order valence-electron chi connectivity index (χ4n) is 2.07. The summed E-state index contributed by atoms with van der Waals surface area (Å²) in [5.74, 6) is -3.52. The molecule has 0 aromatic rings. The van der Waals surface area contributed by atoms with Crippen LogP contribution in [0.15, 0.2) is 0 Å². The Labute approximate surface area is 141 Å². The normalized spacial score (nSPS) is 14.8. The number of nitrogens with two attached hydrogens (primary N) is 2. The van der Waals surface area contributed by atoms with Gasteiger partial charge in [-0.2, -0.15) is 0 Å². The van der Waals surface area contributed by atoms with E-state index in [1.54, 1.807) is 13.8 Å². The van der Waals surface area contributed by atoms with E-state index >= 15 is 0 Å². The molecule has 3 unspecified atom stereocenters. The van der Waals surface area contributed by atoms with E-state index in [9.17, 15) is 19.2 Å². The molecule has 3 atom stereocenters. The molecule has 0 aromatic carbocycles. The van der Waals surface area contributed by atoms with Crippen LogP contribution in [0.25, 0.3) is 0 Å². The molecule has 138 valence electrons. The molecule has 0 heterocycles. The SMILES string of the molecule is CC(C)CC(N)C(=O)NC(C(=O)NC(CC(N)=O)C(=O)O)C(C)C. The summed E-state index contributed by atoms with van der Waals surface area (Å²) in [6, 6.07) is -3.18. The monoisotopic (exact) mass is 344 g/mol. The molecule has 0 saturated heterocycles. The quantitative estimate of drug-likeness (QED) is 0.339. The summed E-state index contributed by atoms with van der Waals surface area (Å²) in [4.78, 5) is 46.3. The summed E-state index contributed by atoms with van der Waals surface area (Å²) in [5.41, 5.74) is 10.8. The highest BCUT2D eigenvalue weighted by Crippen LogP contribution is 2.07. The molecule has 0 bridgehead atoms. The van der Waals surface area contributed by atoms with Gasteiger partial charge in [0, 0.05) is 0 Å². The van der Waals surface area contributed by atoms with E-state index in [1.165, 1.54) is 0 Å². The molecule has 0 aliphatic rings. The molecule has 7 N–H and O–H groups in total. The first-order valence-electron chi connectivity index (χ1n) is 7.83. The molecule has 0 rings (SSSR count). The fourth-order valence-corrected chi connectivity index (χ4v) is 2.07. The molecule has 0 aliphatic carbocycles. The van der Waals surface area contributed by atoms with Crippen molar-refractivity contribution in [2.24, 2.45) is 23.3 Å². The maximum absolute atomic E-state index is 12.3. The molecule has 24 heavy (non-hydrogen) atoms. The van der Waals surface area contributed by atoms with Crippen molar-refractivity contribution in [1.82, 2.24) is 10.6 Å². The van der Waals surface area contributed by atoms with Gasteiger partial charge in [0.1, 0.15) is 12.1 Å². The molecule has 0 fully saturated rings. The summed E-state index contributed by atoms with van der Waals surface area (Å²) in [5, 5.41) is 13.8. The van der Waals surface area contributed by atoms with Gasteiger partial charge in [0.2, 0.25) is 17.7 Å². The van der Waals surface area contributed by atoms with E-state index in [1.807, 2.05) is 13.8 Å². The number of aliphatic carboxylic acids is 1. The van der Waals surface area contributed by atoms with E-state index in [0.717, 1.165) is 0 Å². The molecule has 0 aromatic heterocycles. The lowest BCUT2D eigenvalue weighted by Gasteiger charge is -2.25. The zero-order chi connectivity index (χ0) is 19.0. The van der Waals surface area contributed by atoms with E-state index in [-0.39, 0.29) is 11.8 Å². The van der Waals surface area contributed by atoms with Crippen LogP contribution in [0.5, 0.6) is 0 Å². The van der Waals surface area contributed by atoms with Crippen LogP contribution in [0.1, 0.15) is 40.5 Å². The first-order valence-corrected chi connectivity index (χ1v) is 7.83. The van der Waals surface area contributed by atoms with Gasteiger partial charge in [0.15, 0.2) is 0 Å². The van der Waals surface area contributed by atoms with Crippen molar-refractivity contribution in [2.45, 2.75) is 58.7 Å². The van der Waals surface area contributed by atoms with Crippen LogP contribution in [0, 0.1) is 11.8 Å². The van der Waals surface area contributed by atoms with Crippen LogP contribution < -0.4 is 22.1 Å². The number of carboxylic acid groups (broad SMARTS) is 1. The van der Waals surface area contributed by atoms with Gasteiger partial charge in [-0.25, -0.2) is 4.79 Å². The second-order valence-electron chi connectivity index (χ2n) is 6.54. The van der Waals surface area contributed by atoms with Crippen molar-refractivity contribution < 1.29 is 24.3 Å². The van der Waals surface area contributed by atoms with Crippen molar-refractivity contribution in [2.75, 3.05) is 0 Å². The Kier molecular flexibility index (Phi) is 8.97. The van der Waals surface area contributed by atoms with Gasteiger partial charge in [-0.1, -0.05) is 27.7 Å². The third-order valence-electron chi connectivity index (χ3n) is 3.33. The molecular formula is C15H28N4O5. The van der Waals surface area contributed by atoms with Crippen molar-refractivity contribution in [3.8, 4) is 0 Å². The minimum absolute atomic E-state index is 0.212. The number of nitrogens with one attached hydrogen (secondary N) is 2. The van der Waals surface area contributed by atoms with Crippen LogP contribution in [0.2, 0.25) is 0 Å². The molecular weight excluding hydrogens is 316 g/mol. The highest BCUT2D eigenvalue weighted by Gasteiger charge is 2.30. The average molecular weight is 344 g/mol. The average Bonchev–Trinajstić information content (AvgIpc) is 2.41. The summed E-state index contributed by atoms with van der Waals surface area (Å²) >= 11 is 0. The molecule has 0 spiro atoms. The van der Waals surface area contributed by atoms with Gasteiger partial charge in [0.25, 0.3) is 0 Å². The third-order valence-corrected chi connectivity index (χ3v) is 3.33. The van der Waals surface area contributed by atoms with Crippen LogP contribution >= 0.6 is 0 Å². The van der Waals surface area contributed by atoms with Gasteiger partial charge in [0.05, 0.1) is 12.5 Å². The third kappa shape index (κ3) is 7.91. The Hall–Kier alpha value is -2.16. The van der Waals surface area contributed by atoms with Crippen LogP contribution in [-0.2, 0) is 19.2 Å². The number of primary amides is 1. The summed E-state index contributed by atoms with van der Waals surface area (Å²) in [7, 11) is 0. The summed E-state index contributed by atoms with van der Waals surface area (Å²) < 4.78 is 0. The Morgan fingerprint density at radius 2 is 1.54 bits per heavy atom. The van der Waals surface area contributed by atoms with Gasteiger partial charge in [-0.15, -0.1) is 0 Å². The number of carboxylic acids is 1. The van der Waals surface area contributed by atoms with Crippen LogP contribution in [0.4, 0.5) is 0 Å². The second kappa shape index (κ2) is 9.86. The molecule has 0 radical (unpaired) electrons. The largest absolute Gasteiger partial charge is 0.480 e.